The summed E-state index contributed by atoms with van der Waals surface area (Å²) >= 11 is 5.82. The number of halogens is 2. The molecule has 1 aromatic heterocycles. The number of nitrogens with one attached hydrogen (secondary N) is 1. The van der Waals surface area contributed by atoms with Crippen LogP contribution in [0.2, 0.25) is 5.15 Å². The van der Waals surface area contributed by atoms with Crippen LogP contribution in [0, 0.1) is 29.0 Å². The minimum atomic E-state index is -0.526. The van der Waals surface area contributed by atoms with E-state index >= 15 is 0 Å². The molecule has 1 N–H and O–H groups in total. The fourth-order valence-corrected chi connectivity index (χ4v) is 2.27. The second-order valence-electron chi connectivity index (χ2n) is 5.02. The Balaban J connectivity index is 2.23. The van der Waals surface area contributed by atoms with E-state index in [1.54, 1.807) is 0 Å². The van der Waals surface area contributed by atoms with E-state index in [4.69, 9.17) is 16.9 Å². The first-order chi connectivity index (χ1) is 8.52. The van der Waals surface area contributed by atoms with E-state index in [1.165, 1.54) is 12.8 Å². The van der Waals surface area contributed by atoms with Crippen LogP contribution in [0.15, 0.2) is 6.07 Å². The zero-order valence-electron chi connectivity index (χ0n) is 10.4. The van der Waals surface area contributed by atoms with Crippen LogP contribution in [0.5, 0.6) is 0 Å². The van der Waals surface area contributed by atoms with Gasteiger partial charge in [-0.05, 0) is 30.7 Å². The first-order valence-corrected chi connectivity index (χ1v) is 6.43. The lowest BCUT2D eigenvalue weighted by Gasteiger charge is -2.23. The second kappa shape index (κ2) is 5.11. The Bertz CT molecular complexity index is 490. The topological polar surface area (TPSA) is 48.7 Å². The van der Waals surface area contributed by atoms with Crippen molar-refractivity contribution in [3.05, 3.63) is 22.6 Å². The van der Waals surface area contributed by atoms with E-state index < -0.39 is 5.82 Å². The number of anilines is 1. The van der Waals surface area contributed by atoms with E-state index in [0.717, 1.165) is 6.07 Å². The van der Waals surface area contributed by atoms with E-state index in [-0.39, 0.29) is 22.6 Å². The van der Waals surface area contributed by atoms with Crippen LogP contribution in [0.4, 0.5) is 10.2 Å². The van der Waals surface area contributed by atoms with Crippen molar-refractivity contribution in [2.24, 2.45) is 11.8 Å². The van der Waals surface area contributed by atoms with Crippen molar-refractivity contribution in [3.8, 4) is 6.07 Å². The average molecular weight is 268 g/mol. The quantitative estimate of drug-likeness (QED) is 0.848. The van der Waals surface area contributed by atoms with Crippen molar-refractivity contribution >= 4 is 17.4 Å². The molecule has 0 spiro atoms. The molecular weight excluding hydrogens is 253 g/mol. The first kappa shape index (κ1) is 13.1. The summed E-state index contributed by atoms with van der Waals surface area (Å²) in [4.78, 5) is 3.93. The van der Waals surface area contributed by atoms with Crippen molar-refractivity contribution in [1.82, 2.24) is 4.98 Å². The van der Waals surface area contributed by atoms with Gasteiger partial charge in [-0.3, -0.25) is 0 Å². The Morgan fingerprint density at radius 3 is 2.72 bits per heavy atom. The maximum absolute atomic E-state index is 13.8. The van der Waals surface area contributed by atoms with Gasteiger partial charge in [-0.15, -0.1) is 0 Å². The Morgan fingerprint density at radius 1 is 1.56 bits per heavy atom. The molecule has 0 bridgehead atoms. The summed E-state index contributed by atoms with van der Waals surface area (Å²) in [5.41, 5.74) is 0.0623. The van der Waals surface area contributed by atoms with Crippen LogP contribution in [0.3, 0.4) is 0 Å². The first-order valence-electron chi connectivity index (χ1n) is 6.05. The summed E-state index contributed by atoms with van der Waals surface area (Å²) in [5.74, 6) is 0.598. The molecule has 96 valence electrons. The SMILES string of the molecule is CC(C)[C@H](Nc1nc(Cl)c(C#N)cc1F)C1CC1. The lowest BCUT2D eigenvalue weighted by molar-refractivity contribution is 0.471. The fourth-order valence-electron chi connectivity index (χ4n) is 2.09. The second-order valence-corrected chi connectivity index (χ2v) is 5.38. The van der Waals surface area contributed by atoms with Crippen LogP contribution in [-0.4, -0.2) is 11.0 Å². The Labute approximate surface area is 111 Å². The molecule has 1 aliphatic carbocycles. The lowest BCUT2D eigenvalue weighted by Crippen LogP contribution is -2.28. The summed E-state index contributed by atoms with van der Waals surface area (Å²) in [7, 11) is 0. The molecule has 3 nitrogen and oxygen atoms in total. The number of aromatic nitrogens is 1. The van der Waals surface area contributed by atoms with Gasteiger partial charge in [-0.1, -0.05) is 25.4 Å². The summed E-state index contributed by atoms with van der Waals surface area (Å²) in [6.45, 7) is 4.19. The molecule has 1 aromatic rings. The number of pyridine rings is 1. The molecule has 1 aliphatic rings. The van der Waals surface area contributed by atoms with Gasteiger partial charge in [0, 0.05) is 6.04 Å². The van der Waals surface area contributed by atoms with Gasteiger partial charge in [-0.2, -0.15) is 5.26 Å². The molecular formula is C13H15ClFN3. The van der Waals surface area contributed by atoms with E-state index in [2.05, 4.69) is 24.1 Å². The minimum absolute atomic E-state index is 0.0414. The third-order valence-electron chi connectivity index (χ3n) is 3.20. The molecule has 1 fully saturated rings. The molecule has 2 rings (SSSR count). The number of rotatable bonds is 4. The monoisotopic (exact) mass is 267 g/mol. The highest BCUT2D eigenvalue weighted by Crippen LogP contribution is 2.37. The highest BCUT2D eigenvalue weighted by Gasteiger charge is 2.33. The molecule has 1 heterocycles. The van der Waals surface area contributed by atoms with Crippen LogP contribution >= 0.6 is 11.6 Å². The number of nitriles is 1. The summed E-state index contributed by atoms with van der Waals surface area (Å²) in [5, 5.41) is 11.9. The summed E-state index contributed by atoms with van der Waals surface area (Å²) in [6, 6.07) is 3.14. The molecule has 1 atom stereocenters. The number of hydrogen-bond donors (Lipinski definition) is 1. The van der Waals surface area contributed by atoms with E-state index in [9.17, 15) is 4.39 Å². The predicted octanol–water partition coefficient (Wildman–Crippen LogP) is 3.59. The predicted molar refractivity (Wildman–Crippen MR) is 68.9 cm³/mol. The van der Waals surface area contributed by atoms with Crippen molar-refractivity contribution in [2.45, 2.75) is 32.7 Å². The molecule has 18 heavy (non-hydrogen) atoms. The normalized spacial score (nSPS) is 16.4. The van der Waals surface area contributed by atoms with Gasteiger partial charge in [0.05, 0.1) is 5.56 Å². The maximum atomic E-state index is 13.8. The molecule has 0 amide bonds. The van der Waals surface area contributed by atoms with Gasteiger partial charge in [-0.25, -0.2) is 9.37 Å². The number of nitrogens with zero attached hydrogens (tertiary/aromatic N) is 2. The van der Waals surface area contributed by atoms with Crippen LogP contribution in [0.25, 0.3) is 0 Å². The Kier molecular flexibility index (Phi) is 3.72. The van der Waals surface area contributed by atoms with Crippen LogP contribution in [-0.2, 0) is 0 Å². The Hall–Kier alpha value is -1.34. The maximum Gasteiger partial charge on any atom is 0.166 e. The third kappa shape index (κ3) is 2.73. The molecule has 0 unspecified atom stereocenters. The van der Waals surface area contributed by atoms with E-state index in [0.29, 0.717) is 11.8 Å². The van der Waals surface area contributed by atoms with Gasteiger partial charge in [0.2, 0.25) is 0 Å². The van der Waals surface area contributed by atoms with Crippen LogP contribution < -0.4 is 5.32 Å². The number of hydrogen-bond acceptors (Lipinski definition) is 3. The molecule has 0 radical (unpaired) electrons. The molecule has 0 aliphatic heterocycles. The fraction of sp³-hybridized carbons (Fsp3) is 0.538. The smallest absolute Gasteiger partial charge is 0.166 e. The lowest BCUT2D eigenvalue weighted by atomic mass is 9.99. The van der Waals surface area contributed by atoms with Crippen LogP contribution in [0.1, 0.15) is 32.3 Å². The molecule has 5 heteroatoms. The van der Waals surface area contributed by atoms with Gasteiger partial charge >= 0.3 is 0 Å². The highest BCUT2D eigenvalue weighted by atomic mass is 35.5. The molecule has 0 aromatic carbocycles. The third-order valence-corrected chi connectivity index (χ3v) is 3.49. The zero-order chi connectivity index (χ0) is 13.3. The van der Waals surface area contributed by atoms with Gasteiger partial charge in [0.15, 0.2) is 11.6 Å². The molecule has 1 saturated carbocycles. The Morgan fingerprint density at radius 2 is 2.22 bits per heavy atom. The van der Waals surface area contributed by atoms with Crippen molar-refractivity contribution in [3.63, 3.8) is 0 Å². The zero-order valence-corrected chi connectivity index (χ0v) is 11.1. The summed E-state index contributed by atoms with van der Waals surface area (Å²) < 4.78 is 13.8. The van der Waals surface area contributed by atoms with Crippen molar-refractivity contribution in [2.75, 3.05) is 5.32 Å². The van der Waals surface area contributed by atoms with Crippen molar-refractivity contribution in [1.29, 1.82) is 5.26 Å². The van der Waals surface area contributed by atoms with Gasteiger partial charge in [0.25, 0.3) is 0 Å². The highest BCUT2D eigenvalue weighted by molar-refractivity contribution is 6.30. The standard InChI is InChI=1S/C13H15ClFN3/c1-7(2)11(8-3-4-8)17-13-10(15)5-9(6-16)12(14)18-13/h5,7-8,11H,3-4H2,1-2H3,(H,17,18)/t11-/m0/s1. The minimum Gasteiger partial charge on any atom is -0.364 e. The van der Waals surface area contributed by atoms with E-state index in [1.807, 2.05) is 6.07 Å². The van der Waals surface area contributed by atoms with Crippen molar-refractivity contribution < 1.29 is 4.39 Å². The van der Waals surface area contributed by atoms with Gasteiger partial charge < -0.3 is 5.32 Å². The van der Waals surface area contributed by atoms with Gasteiger partial charge in [0.1, 0.15) is 11.2 Å². The molecule has 0 saturated heterocycles. The summed E-state index contributed by atoms with van der Waals surface area (Å²) in [6.07, 6.45) is 2.34. The largest absolute Gasteiger partial charge is 0.364 e. The average Bonchev–Trinajstić information content (AvgIpc) is 3.13.